The quantitative estimate of drug-likeness (QED) is 0.389. The van der Waals surface area contributed by atoms with Gasteiger partial charge in [-0.05, 0) is 45.2 Å². The van der Waals surface area contributed by atoms with Crippen molar-refractivity contribution in [1.82, 2.24) is 30.4 Å². The van der Waals surface area contributed by atoms with E-state index in [0.717, 1.165) is 5.56 Å². The Labute approximate surface area is 193 Å². The molecule has 0 fully saturated rings. The molecule has 0 amide bonds. The number of rotatable bonds is 2. The average molecular weight is 468 g/mol. The molecule has 1 aliphatic rings. The molecule has 1 atom stereocenters. The number of tetrazole rings is 1. The van der Waals surface area contributed by atoms with Crippen molar-refractivity contribution in [2.24, 2.45) is 0 Å². The van der Waals surface area contributed by atoms with Gasteiger partial charge in [0.1, 0.15) is 17.4 Å². The van der Waals surface area contributed by atoms with E-state index in [1.807, 2.05) is 12.1 Å². The molecule has 0 unspecified atom stereocenters. The summed E-state index contributed by atoms with van der Waals surface area (Å²) in [6, 6.07) is 12.9. The molecule has 2 aromatic carbocycles. The molecule has 8 nitrogen and oxygen atoms in total. The summed E-state index contributed by atoms with van der Waals surface area (Å²) >= 11 is 12.6. The first-order valence-electron chi connectivity index (χ1n) is 9.97. The third-order valence-electron chi connectivity index (χ3n) is 5.55. The Morgan fingerprint density at radius 2 is 1.81 bits per heavy atom. The third kappa shape index (κ3) is 3.36. The van der Waals surface area contributed by atoms with Crippen LogP contribution in [0.2, 0.25) is 10.0 Å². The van der Waals surface area contributed by atoms with Crippen LogP contribution in [0.25, 0.3) is 11.3 Å². The van der Waals surface area contributed by atoms with E-state index in [0.29, 0.717) is 38.5 Å². The van der Waals surface area contributed by atoms with Crippen molar-refractivity contribution in [3.8, 4) is 11.3 Å². The number of anilines is 2. The van der Waals surface area contributed by atoms with Gasteiger partial charge in [0.25, 0.3) is 5.56 Å². The van der Waals surface area contributed by atoms with Crippen LogP contribution in [-0.4, -0.2) is 30.4 Å². The number of nitrogens with one attached hydrogen (secondary N) is 2. The fourth-order valence-corrected chi connectivity index (χ4v) is 4.40. The van der Waals surface area contributed by atoms with E-state index in [4.69, 9.17) is 23.2 Å². The molecule has 3 heterocycles. The van der Waals surface area contributed by atoms with Crippen molar-refractivity contribution in [3.05, 3.63) is 79.6 Å². The maximum absolute atomic E-state index is 12.8. The molecule has 2 aromatic heterocycles. The molecule has 4 aromatic rings. The summed E-state index contributed by atoms with van der Waals surface area (Å²) < 4.78 is 1.64. The summed E-state index contributed by atoms with van der Waals surface area (Å²) in [5.74, 6) is 0.368. The van der Waals surface area contributed by atoms with Gasteiger partial charge in [-0.15, -0.1) is 0 Å². The van der Waals surface area contributed by atoms with Crippen molar-refractivity contribution in [2.75, 3.05) is 5.32 Å². The average Bonchev–Trinajstić information content (AvgIpc) is 3.21. The SMILES string of the molecule is CC(C)(C)c1ccc([C@@H]2c3c(-c4ccc(Cl)cc4Cl)n[nH]c(=O)c3Nc3nnnn32)cc1. The number of nitrogens with zero attached hydrogens (tertiary/aromatic N) is 5. The maximum Gasteiger partial charge on any atom is 0.288 e. The normalized spacial score (nSPS) is 15.1. The highest BCUT2D eigenvalue weighted by Crippen LogP contribution is 2.43. The van der Waals surface area contributed by atoms with Gasteiger partial charge in [-0.2, -0.15) is 9.78 Å². The third-order valence-corrected chi connectivity index (χ3v) is 6.09. The number of hydrogen-bond acceptors (Lipinski definition) is 6. The summed E-state index contributed by atoms with van der Waals surface area (Å²) in [4.78, 5) is 12.8. The summed E-state index contributed by atoms with van der Waals surface area (Å²) in [5.41, 5.74) is 3.84. The number of H-pyrrole nitrogens is 1. The van der Waals surface area contributed by atoms with Gasteiger partial charge in [0.05, 0.1) is 5.02 Å². The molecule has 0 saturated carbocycles. The second-order valence-corrected chi connectivity index (χ2v) is 9.50. The van der Waals surface area contributed by atoms with Crippen molar-refractivity contribution in [1.29, 1.82) is 0 Å². The lowest BCUT2D eigenvalue weighted by Crippen LogP contribution is -2.29. The fourth-order valence-electron chi connectivity index (χ4n) is 3.90. The van der Waals surface area contributed by atoms with Crippen molar-refractivity contribution in [2.45, 2.75) is 32.2 Å². The first-order chi connectivity index (χ1) is 15.2. The van der Waals surface area contributed by atoms with Crippen LogP contribution >= 0.6 is 23.2 Å². The standard InChI is InChI=1S/C22H19Cl2N7O/c1-22(2,3)12-6-4-11(5-7-12)19-16-17(14-9-8-13(23)10-15(14)24)26-27-20(32)18(16)25-21-28-29-30-31(19)21/h4-10,19H,1-3H3,(H,27,32)(H,25,28,30)/t19-/m1/s1. The number of aromatic amines is 1. The van der Waals surface area contributed by atoms with Crippen LogP contribution in [0.3, 0.4) is 0 Å². The van der Waals surface area contributed by atoms with Crippen LogP contribution in [-0.2, 0) is 5.41 Å². The summed E-state index contributed by atoms with van der Waals surface area (Å²) in [6.07, 6.45) is 0. The van der Waals surface area contributed by atoms with E-state index in [-0.39, 0.29) is 11.0 Å². The fraction of sp³-hybridized carbons (Fsp3) is 0.227. The molecule has 5 rings (SSSR count). The Balaban J connectivity index is 1.77. The Morgan fingerprint density at radius 3 is 2.50 bits per heavy atom. The van der Waals surface area contributed by atoms with E-state index >= 15 is 0 Å². The summed E-state index contributed by atoms with van der Waals surface area (Å²) in [7, 11) is 0. The summed E-state index contributed by atoms with van der Waals surface area (Å²) in [5, 5.41) is 22.9. The van der Waals surface area contributed by atoms with Crippen molar-refractivity contribution >= 4 is 34.8 Å². The molecule has 0 radical (unpaired) electrons. The van der Waals surface area contributed by atoms with Gasteiger partial charge in [0.2, 0.25) is 5.95 Å². The zero-order valence-corrected chi connectivity index (χ0v) is 19.0. The first-order valence-corrected chi connectivity index (χ1v) is 10.7. The lowest BCUT2D eigenvalue weighted by atomic mass is 9.85. The second-order valence-electron chi connectivity index (χ2n) is 8.66. The van der Waals surface area contributed by atoms with Crippen LogP contribution in [0.1, 0.15) is 43.5 Å². The molecular weight excluding hydrogens is 449 g/mol. The van der Waals surface area contributed by atoms with E-state index < -0.39 is 6.04 Å². The topological polar surface area (TPSA) is 101 Å². The molecule has 0 saturated heterocycles. The van der Waals surface area contributed by atoms with E-state index in [1.54, 1.807) is 22.9 Å². The smallest absolute Gasteiger partial charge is 0.288 e. The largest absolute Gasteiger partial charge is 0.318 e. The number of benzene rings is 2. The number of hydrogen-bond donors (Lipinski definition) is 2. The number of fused-ring (bicyclic) bond motifs is 2. The molecule has 0 aliphatic carbocycles. The first kappa shape index (κ1) is 20.7. The van der Waals surface area contributed by atoms with Crippen molar-refractivity contribution in [3.63, 3.8) is 0 Å². The number of halogens is 2. The Hall–Kier alpha value is -3.23. The molecule has 0 bridgehead atoms. The van der Waals surface area contributed by atoms with Gasteiger partial charge in [0.15, 0.2) is 0 Å². The Morgan fingerprint density at radius 1 is 1.06 bits per heavy atom. The van der Waals surface area contributed by atoms with Gasteiger partial charge < -0.3 is 5.32 Å². The molecule has 1 aliphatic heterocycles. The van der Waals surface area contributed by atoms with Crippen molar-refractivity contribution < 1.29 is 0 Å². The van der Waals surface area contributed by atoms with Gasteiger partial charge in [-0.3, -0.25) is 4.79 Å². The van der Waals surface area contributed by atoms with Crippen LogP contribution in [0.5, 0.6) is 0 Å². The predicted molar refractivity (Wildman–Crippen MR) is 124 cm³/mol. The highest BCUT2D eigenvalue weighted by atomic mass is 35.5. The van der Waals surface area contributed by atoms with E-state index in [1.165, 1.54) is 5.56 Å². The highest BCUT2D eigenvalue weighted by molar-refractivity contribution is 6.36. The lowest BCUT2D eigenvalue weighted by Gasteiger charge is -2.28. The maximum atomic E-state index is 12.8. The zero-order valence-electron chi connectivity index (χ0n) is 17.5. The van der Waals surface area contributed by atoms with Gasteiger partial charge in [-0.1, -0.05) is 73.3 Å². The van der Waals surface area contributed by atoms with Crippen LogP contribution in [0.4, 0.5) is 11.6 Å². The van der Waals surface area contributed by atoms with Crippen LogP contribution in [0, 0.1) is 0 Å². The minimum absolute atomic E-state index is 0.00518. The molecule has 10 heteroatoms. The Kier molecular flexibility index (Phi) is 4.79. The molecule has 0 spiro atoms. The number of aromatic nitrogens is 6. The molecule has 162 valence electrons. The lowest BCUT2D eigenvalue weighted by molar-refractivity contribution is 0.564. The Bertz CT molecular complexity index is 1390. The minimum atomic E-state index is -0.484. The van der Waals surface area contributed by atoms with E-state index in [2.05, 4.69) is 63.9 Å². The molecular formula is C22H19Cl2N7O. The monoisotopic (exact) mass is 467 g/mol. The van der Waals surface area contributed by atoms with E-state index in [9.17, 15) is 4.79 Å². The van der Waals surface area contributed by atoms with Gasteiger partial charge in [0, 0.05) is 16.1 Å². The minimum Gasteiger partial charge on any atom is -0.318 e. The zero-order chi connectivity index (χ0) is 22.6. The highest BCUT2D eigenvalue weighted by Gasteiger charge is 2.35. The molecule has 32 heavy (non-hydrogen) atoms. The van der Waals surface area contributed by atoms with Gasteiger partial charge >= 0.3 is 0 Å². The van der Waals surface area contributed by atoms with Gasteiger partial charge in [-0.25, -0.2) is 5.10 Å². The summed E-state index contributed by atoms with van der Waals surface area (Å²) in [6.45, 7) is 6.47. The molecule has 2 N–H and O–H groups in total. The van der Waals surface area contributed by atoms with Crippen LogP contribution in [0.15, 0.2) is 47.3 Å². The predicted octanol–water partition coefficient (Wildman–Crippen LogP) is 4.72. The second kappa shape index (κ2) is 7.43. The van der Waals surface area contributed by atoms with Crippen LogP contribution < -0.4 is 10.9 Å².